The summed E-state index contributed by atoms with van der Waals surface area (Å²) in [5.74, 6) is 6.06. The molecule has 0 unspecified atom stereocenters. The smallest absolute Gasteiger partial charge is 0.0717 e. The average molecular weight is 188 g/mol. The summed E-state index contributed by atoms with van der Waals surface area (Å²) in [5.41, 5.74) is 1.22. The summed E-state index contributed by atoms with van der Waals surface area (Å²) in [5, 5.41) is 0. The third-order valence-corrected chi connectivity index (χ3v) is 1.78. The highest BCUT2D eigenvalue weighted by Gasteiger charge is 1.89. The van der Waals surface area contributed by atoms with Crippen molar-refractivity contribution >= 4 is 0 Å². The Bertz CT molecular complexity index is 292. The number of benzene rings is 1. The van der Waals surface area contributed by atoms with Gasteiger partial charge in [-0.2, -0.15) is 0 Å². The zero-order valence-corrected chi connectivity index (χ0v) is 8.62. The van der Waals surface area contributed by atoms with E-state index in [0.29, 0.717) is 6.61 Å². The molecular weight excluding hydrogens is 172 g/mol. The third kappa shape index (κ3) is 4.69. The summed E-state index contributed by atoms with van der Waals surface area (Å²) in [7, 11) is 0. The molecule has 0 radical (unpaired) electrons. The third-order valence-electron chi connectivity index (χ3n) is 1.78. The first-order valence-electron chi connectivity index (χ1n) is 5.01. The molecule has 0 heterocycles. The van der Waals surface area contributed by atoms with E-state index in [9.17, 15) is 0 Å². The van der Waals surface area contributed by atoms with Crippen LogP contribution in [0.15, 0.2) is 30.3 Å². The fourth-order valence-corrected chi connectivity index (χ4v) is 1.10. The van der Waals surface area contributed by atoms with E-state index in [2.05, 4.69) is 30.9 Å². The SMILES string of the molecule is CCC#CCCOCc1ccccc1. The van der Waals surface area contributed by atoms with Crippen LogP contribution >= 0.6 is 0 Å². The van der Waals surface area contributed by atoms with Gasteiger partial charge in [-0.1, -0.05) is 37.3 Å². The van der Waals surface area contributed by atoms with Gasteiger partial charge in [-0.05, 0) is 5.56 Å². The van der Waals surface area contributed by atoms with Crippen molar-refractivity contribution in [3.63, 3.8) is 0 Å². The van der Waals surface area contributed by atoms with Gasteiger partial charge in [0.25, 0.3) is 0 Å². The molecule has 1 aromatic rings. The van der Waals surface area contributed by atoms with Crippen LogP contribution in [0.25, 0.3) is 0 Å². The van der Waals surface area contributed by atoms with Gasteiger partial charge in [0.1, 0.15) is 0 Å². The van der Waals surface area contributed by atoms with E-state index < -0.39 is 0 Å². The van der Waals surface area contributed by atoms with Crippen LogP contribution in [0, 0.1) is 11.8 Å². The molecule has 74 valence electrons. The summed E-state index contributed by atoms with van der Waals surface area (Å²) in [4.78, 5) is 0. The predicted molar refractivity (Wildman–Crippen MR) is 58.8 cm³/mol. The zero-order valence-electron chi connectivity index (χ0n) is 8.62. The molecule has 0 N–H and O–H groups in total. The molecule has 0 aliphatic carbocycles. The zero-order chi connectivity index (χ0) is 10.1. The van der Waals surface area contributed by atoms with Crippen LogP contribution in [-0.2, 0) is 11.3 Å². The molecule has 1 aromatic carbocycles. The minimum Gasteiger partial charge on any atom is -0.376 e. The molecule has 1 rings (SSSR count). The molecule has 14 heavy (non-hydrogen) atoms. The van der Waals surface area contributed by atoms with Crippen LogP contribution < -0.4 is 0 Å². The monoisotopic (exact) mass is 188 g/mol. The summed E-state index contributed by atoms with van der Waals surface area (Å²) in [6, 6.07) is 10.2. The van der Waals surface area contributed by atoms with Crippen molar-refractivity contribution in [3.8, 4) is 11.8 Å². The van der Waals surface area contributed by atoms with Gasteiger partial charge in [-0.15, -0.1) is 11.8 Å². The Hall–Kier alpha value is -1.26. The number of hydrogen-bond acceptors (Lipinski definition) is 1. The van der Waals surface area contributed by atoms with Crippen LogP contribution in [0.2, 0.25) is 0 Å². The lowest BCUT2D eigenvalue weighted by Crippen LogP contribution is -1.93. The van der Waals surface area contributed by atoms with Crippen molar-refractivity contribution in [1.82, 2.24) is 0 Å². The molecule has 0 aliphatic heterocycles. The van der Waals surface area contributed by atoms with Crippen molar-refractivity contribution in [2.45, 2.75) is 26.4 Å². The Kier molecular flexibility index (Phi) is 5.54. The predicted octanol–water partition coefficient (Wildman–Crippen LogP) is 3.01. The minimum atomic E-state index is 0.689. The number of rotatable bonds is 4. The topological polar surface area (TPSA) is 9.23 Å². The van der Waals surface area contributed by atoms with E-state index in [1.165, 1.54) is 5.56 Å². The summed E-state index contributed by atoms with van der Waals surface area (Å²) in [6.07, 6.45) is 1.76. The molecule has 0 aromatic heterocycles. The van der Waals surface area contributed by atoms with Crippen molar-refractivity contribution in [1.29, 1.82) is 0 Å². The molecule has 0 amide bonds. The lowest BCUT2D eigenvalue weighted by molar-refractivity contribution is 0.126. The van der Waals surface area contributed by atoms with E-state index in [1.54, 1.807) is 0 Å². The largest absolute Gasteiger partial charge is 0.376 e. The van der Waals surface area contributed by atoms with Crippen molar-refractivity contribution in [3.05, 3.63) is 35.9 Å². The van der Waals surface area contributed by atoms with E-state index >= 15 is 0 Å². The number of ether oxygens (including phenoxy) is 1. The molecule has 1 heteroatoms. The fraction of sp³-hybridized carbons (Fsp3) is 0.385. The van der Waals surface area contributed by atoms with E-state index in [1.807, 2.05) is 18.2 Å². The molecule has 0 aliphatic rings. The first kappa shape index (κ1) is 10.8. The van der Waals surface area contributed by atoms with Crippen LogP contribution in [0.5, 0.6) is 0 Å². The van der Waals surface area contributed by atoms with E-state index in [0.717, 1.165) is 19.4 Å². The standard InChI is InChI=1S/C13H16O/c1-2-3-4-8-11-14-12-13-9-6-5-7-10-13/h5-7,9-10H,2,8,11-12H2,1H3. The minimum absolute atomic E-state index is 0.689. The van der Waals surface area contributed by atoms with Crippen LogP contribution in [0.1, 0.15) is 25.3 Å². The van der Waals surface area contributed by atoms with E-state index in [-0.39, 0.29) is 0 Å². The summed E-state index contributed by atoms with van der Waals surface area (Å²) < 4.78 is 5.46. The van der Waals surface area contributed by atoms with Crippen molar-refractivity contribution in [2.24, 2.45) is 0 Å². The maximum atomic E-state index is 5.46. The molecule has 1 nitrogen and oxygen atoms in total. The Balaban J connectivity index is 2.10. The Morgan fingerprint density at radius 2 is 1.93 bits per heavy atom. The van der Waals surface area contributed by atoms with Gasteiger partial charge in [-0.25, -0.2) is 0 Å². The highest BCUT2D eigenvalue weighted by atomic mass is 16.5. The molecule has 0 bridgehead atoms. The molecule has 0 atom stereocenters. The highest BCUT2D eigenvalue weighted by Crippen LogP contribution is 2.00. The van der Waals surface area contributed by atoms with Gasteiger partial charge in [0.15, 0.2) is 0 Å². The first-order chi connectivity index (χ1) is 6.93. The van der Waals surface area contributed by atoms with Gasteiger partial charge in [0.2, 0.25) is 0 Å². The lowest BCUT2D eigenvalue weighted by Gasteiger charge is -2.00. The van der Waals surface area contributed by atoms with Gasteiger partial charge in [0.05, 0.1) is 13.2 Å². The van der Waals surface area contributed by atoms with Gasteiger partial charge >= 0.3 is 0 Å². The fourth-order valence-electron chi connectivity index (χ4n) is 1.10. The Labute approximate surface area is 86.1 Å². The Morgan fingerprint density at radius 3 is 2.64 bits per heavy atom. The van der Waals surface area contributed by atoms with Crippen molar-refractivity contribution < 1.29 is 4.74 Å². The molecule has 0 fully saturated rings. The molecule has 0 saturated carbocycles. The van der Waals surface area contributed by atoms with Gasteiger partial charge in [0, 0.05) is 12.8 Å². The maximum absolute atomic E-state index is 5.46. The van der Waals surface area contributed by atoms with Crippen LogP contribution in [-0.4, -0.2) is 6.61 Å². The molecular formula is C13H16O. The van der Waals surface area contributed by atoms with Gasteiger partial charge in [-0.3, -0.25) is 0 Å². The first-order valence-corrected chi connectivity index (χ1v) is 5.01. The van der Waals surface area contributed by atoms with E-state index in [4.69, 9.17) is 4.74 Å². The average Bonchev–Trinajstić information content (AvgIpc) is 2.25. The Morgan fingerprint density at radius 1 is 1.14 bits per heavy atom. The number of hydrogen-bond donors (Lipinski definition) is 0. The second-order valence-corrected chi connectivity index (χ2v) is 3.00. The summed E-state index contributed by atoms with van der Waals surface area (Å²) in [6.45, 7) is 3.47. The van der Waals surface area contributed by atoms with Crippen LogP contribution in [0.4, 0.5) is 0 Å². The molecule has 0 saturated heterocycles. The highest BCUT2D eigenvalue weighted by molar-refractivity contribution is 5.13. The van der Waals surface area contributed by atoms with Gasteiger partial charge < -0.3 is 4.74 Å². The maximum Gasteiger partial charge on any atom is 0.0717 e. The van der Waals surface area contributed by atoms with Crippen LogP contribution in [0.3, 0.4) is 0 Å². The normalized spacial score (nSPS) is 9.21. The summed E-state index contributed by atoms with van der Waals surface area (Å²) >= 11 is 0. The second kappa shape index (κ2) is 7.17. The quantitative estimate of drug-likeness (QED) is 0.521. The molecule has 0 spiro atoms. The lowest BCUT2D eigenvalue weighted by atomic mass is 10.2. The second-order valence-electron chi connectivity index (χ2n) is 3.00. The van der Waals surface area contributed by atoms with Crippen molar-refractivity contribution in [2.75, 3.05) is 6.61 Å².